The first-order valence-corrected chi connectivity index (χ1v) is 16.9. The summed E-state index contributed by atoms with van der Waals surface area (Å²) in [6.45, 7) is -0.752. The molecular formula is C35H38FN3O4S. The summed E-state index contributed by atoms with van der Waals surface area (Å²) in [5.41, 5.74) is 1.42. The molecule has 1 aliphatic carbocycles. The molecule has 0 aliphatic heterocycles. The number of halogens is 1. The lowest BCUT2D eigenvalue weighted by Crippen LogP contribution is -2.55. The Morgan fingerprint density at radius 3 is 2.25 bits per heavy atom. The highest BCUT2D eigenvalue weighted by molar-refractivity contribution is 7.92. The quantitative estimate of drug-likeness (QED) is 0.230. The summed E-state index contributed by atoms with van der Waals surface area (Å²) in [6.07, 6.45) is 6.10. The first kappa shape index (κ1) is 31.2. The average Bonchev–Trinajstić information content (AvgIpc) is 3.02. The van der Waals surface area contributed by atoms with Crippen LogP contribution in [0.2, 0.25) is 0 Å². The summed E-state index contributed by atoms with van der Waals surface area (Å²) < 4.78 is 42.5. The zero-order chi connectivity index (χ0) is 31.1. The Balaban J connectivity index is 1.55. The van der Waals surface area contributed by atoms with Crippen molar-refractivity contribution in [2.75, 3.05) is 17.1 Å². The zero-order valence-electron chi connectivity index (χ0n) is 24.9. The smallest absolute Gasteiger partial charge is 0.244 e. The summed E-state index contributed by atoms with van der Waals surface area (Å²) in [5, 5.41) is 4.65. The Morgan fingerprint density at radius 1 is 0.864 bits per heavy atom. The van der Waals surface area contributed by atoms with Crippen LogP contribution in [0, 0.1) is 5.82 Å². The van der Waals surface area contributed by atoms with E-state index in [2.05, 4.69) is 5.32 Å². The summed E-state index contributed by atoms with van der Waals surface area (Å²) in [7, 11) is -3.94. The molecule has 0 bridgehead atoms. The minimum Gasteiger partial charge on any atom is -0.352 e. The largest absolute Gasteiger partial charge is 0.352 e. The third-order valence-electron chi connectivity index (χ3n) is 8.24. The maximum atomic E-state index is 15.0. The van der Waals surface area contributed by atoms with E-state index in [0.717, 1.165) is 53.6 Å². The molecule has 1 saturated carbocycles. The van der Waals surface area contributed by atoms with Crippen LogP contribution in [0.15, 0.2) is 97.1 Å². The molecule has 4 aromatic carbocycles. The maximum Gasteiger partial charge on any atom is 0.244 e. The molecule has 0 radical (unpaired) electrons. The van der Waals surface area contributed by atoms with Gasteiger partial charge in [0.15, 0.2) is 0 Å². The number of benzene rings is 4. The molecule has 0 heterocycles. The van der Waals surface area contributed by atoms with E-state index in [1.807, 2.05) is 54.6 Å². The van der Waals surface area contributed by atoms with Gasteiger partial charge in [-0.05, 0) is 35.9 Å². The van der Waals surface area contributed by atoms with Crippen molar-refractivity contribution in [2.24, 2.45) is 0 Å². The van der Waals surface area contributed by atoms with Gasteiger partial charge < -0.3 is 10.2 Å². The van der Waals surface area contributed by atoms with Gasteiger partial charge in [0.25, 0.3) is 0 Å². The SMILES string of the molecule is CS(=O)(=O)N(CC(=O)N(Cc1ccccc1F)C(Cc1ccccc1)C(=O)NC1CCCCC1)c1cccc2ccccc12. The Labute approximate surface area is 258 Å². The van der Waals surface area contributed by atoms with Crippen molar-refractivity contribution in [3.05, 3.63) is 114 Å². The number of hydrogen-bond acceptors (Lipinski definition) is 4. The molecule has 4 aromatic rings. The highest BCUT2D eigenvalue weighted by atomic mass is 32.2. The van der Waals surface area contributed by atoms with Gasteiger partial charge in [-0.15, -0.1) is 0 Å². The lowest BCUT2D eigenvalue weighted by Gasteiger charge is -2.35. The molecule has 1 unspecified atom stereocenters. The van der Waals surface area contributed by atoms with Crippen LogP contribution in [0.1, 0.15) is 43.2 Å². The van der Waals surface area contributed by atoms with Crippen molar-refractivity contribution in [1.82, 2.24) is 10.2 Å². The van der Waals surface area contributed by atoms with Crippen LogP contribution < -0.4 is 9.62 Å². The van der Waals surface area contributed by atoms with Gasteiger partial charge in [0.05, 0.1) is 11.9 Å². The number of amides is 2. The van der Waals surface area contributed by atoms with Crippen LogP contribution in [0.5, 0.6) is 0 Å². The standard InChI is InChI=1S/C35H38FN3O4S/c1-44(42,43)39(32-22-12-17-27-15-8-10-20-30(27)32)25-34(40)38(24-28-16-9-11-21-31(28)36)33(23-26-13-4-2-5-14-26)35(41)37-29-18-6-3-7-19-29/h2,4-5,8-17,20-22,29,33H,3,6-7,18-19,23-25H2,1H3,(H,37,41). The first-order valence-electron chi connectivity index (χ1n) is 15.0. The van der Waals surface area contributed by atoms with E-state index in [4.69, 9.17) is 0 Å². The number of sulfonamides is 1. The average molecular weight is 616 g/mol. The van der Waals surface area contributed by atoms with Gasteiger partial charge in [-0.1, -0.05) is 104 Å². The molecule has 1 atom stereocenters. The second-order valence-electron chi connectivity index (χ2n) is 11.4. The predicted octanol–water partition coefficient (Wildman–Crippen LogP) is 5.83. The summed E-state index contributed by atoms with van der Waals surface area (Å²) in [5.74, 6) is -1.45. The van der Waals surface area contributed by atoms with E-state index < -0.39 is 34.3 Å². The highest BCUT2D eigenvalue weighted by Gasteiger charge is 2.34. The van der Waals surface area contributed by atoms with Gasteiger partial charge in [-0.3, -0.25) is 13.9 Å². The van der Waals surface area contributed by atoms with E-state index in [0.29, 0.717) is 11.1 Å². The van der Waals surface area contributed by atoms with Gasteiger partial charge >= 0.3 is 0 Å². The second kappa shape index (κ2) is 14.0. The summed E-state index contributed by atoms with van der Waals surface area (Å²) in [4.78, 5) is 29.7. The molecule has 0 aromatic heterocycles. The van der Waals surface area contributed by atoms with Crippen LogP contribution >= 0.6 is 0 Å². The van der Waals surface area contributed by atoms with Gasteiger partial charge in [0, 0.05) is 30.0 Å². The minimum absolute atomic E-state index is 0.0110. The van der Waals surface area contributed by atoms with Crippen molar-refractivity contribution in [1.29, 1.82) is 0 Å². The number of carbonyl (C=O) groups is 2. The zero-order valence-corrected chi connectivity index (χ0v) is 25.7. The monoisotopic (exact) mass is 615 g/mol. The second-order valence-corrected chi connectivity index (χ2v) is 13.3. The van der Waals surface area contributed by atoms with E-state index in [-0.39, 0.29) is 30.5 Å². The van der Waals surface area contributed by atoms with Crippen molar-refractivity contribution in [2.45, 2.75) is 57.2 Å². The number of nitrogens with one attached hydrogen (secondary N) is 1. The fourth-order valence-electron chi connectivity index (χ4n) is 5.93. The number of anilines is 1. The molecule has 230 valence electrons. The molecule has 2 amide bonds. The number of carbonyl (C=O) groups excluding carboxylic acids is 2. The molecule has 0 spiro atoms. The Morgan fingerprint density at radius 2 is 1.52 bits per heavy atom. The lowest BCUT2D eigenvalue weighted by molar-refractivity contribution is -0.140. The molecule has 1 N–H and O–H groups in total. The summed E-state index contributed by atoms with van der Waals surface area (Å²) in [6, 6.07) is 27.1. The minimum atomic E-state index is -3.94. The summed E-state index contributed by atoms with van der Waals surface area (Å²) >= 11 is 0. The van der Waals surface area contributed by atoms with Crippen molar-refractivity contribution < 1.29 is 22.4 Å². The lowest BCUT2D eigenvalue weighted by atomic mass is 9.94. The maximum absolute atomic E-state index is 15.0. The number of nitrogens with zero attached hydrogens (tertiary/aromatic N) is 2. The van der Waals surface area contributed by atoms with Gasteiger partial charge in [0.2, 0.25) is 21.8 Å². The van der Waals surface area contributed by atoms with Gasteiger partial charge in [-0.25, -0.2) is 12.8 Å². The molecular weight excluding hydrogens is 577 g/mol. The highest BCUT2D eigenvalue weighted by Crippen LogP contribution is 2.29. The fraction of sp³-hybridized carbons (Fsp3) is 0.314. The van der Waals surface area contributed by atoms with Crippen LogP contribution in [0.3, 0.4) is 0 Å². The molecule has 5 rings (SSSR count). The molecule has 0 saturated heterocycles. The van der Waals surface area contributed by atoms with Crippen molar-refractivity contribution >= 4 is 38.3 Å². The Bertz CT molecular complexity index is 1700. The van der Waals surface area contributed by atoms with E-state index >= 15 is 4.39 Å². The topological polar surface area (TPSA) is 86.8 Å². The number of fused-ring (bicyclic) bond motifs is 1. The van der Waals surface area contributed by atoms with Crippen molar-refractivity contribution in [3.63, 3.8) is 0 Å². The number of rotatable bonds is 11. The first-order chi connectivity index (χ1) is 21.2. The van der Waals surface area contributed by atoms with Gasteiger partial charge in [-0.2, -0.15) is 0 Å². The van der Waals surface area contributed by atoms with Gasteiger partial charge in [0.1, 0.15) is 18.4 Å². The Hall–Kier alpha value is -4.24. The molecule has 1 aliphatic rings. The third-order valence-corrected chi connectivity index (χ3v) is 9.36. The molecule has 7 nitrogen and oxygen atoms in total. The van der Waals surface area contributed by atoms with Crippen LogP contribution in [-0.2, 0) is 32.6 Å². The molecule has 44 heavy (non-hydrogen) atoms. The van der Waals surface area contributed by atoms with E-state index in [9.17, 15) is 18.0 Å². The van der Waals surface area contributed by atoms with Crippen LogP contribution in [0.4, 0.5) is 10.1 Å². The molecule has 1 fully saturated rings. The Kier molecular flexibility index (Phi) is 9.95. The van der Waals surface area contributed by atoms with E-state index in [1.165, 1.54) is 11.0 Å². The third kappa shape index (κ3) is 7.63. The number of hydrogen-bond donors (Lipinski definition) is 1. The predicted molar refractivity (Wildman–Crippen MR) is 172 cm³/mol. The molecule has 9 heteroatoms. The van der Waals surface area contributed by atoms with Crippen molar-refractivity contribution in [3.8, 4) is 0 Å². The normalized spacial score (nSPS) is 14.6. The fourth-order valence-corrected chi connectivity index (χ4v) is 6.79. The van der Waals surface area contributed by atoms with E-state index in [1.54, 1.807) is 36.4 Å². The van der Waals surface area contributed by atoms with Crippen LogP contribution in [-0.4, -0.2) is 50.0 Å². The van der Waals surface area contributed by atoms with Crippen LogP contribution in [0.25, 0.3) is 10.8 Å².